The average Bonchev–Trinajstić information content (AvgIpc) is 2.98. The number of aryl methyl sites for hydroxylation is 1. The monoisotopic (exact) mass is 485 g/mol. The SMILES string of the molecule is COc1cc2c(c(OC)c1OC)-c1ccc(OC(=O)CCNC(=O)CN)cc1[C@@H](NC(C)=O)CC2. The number of esters is 1. The number of carbonyl (C=O) groups is 3. The number of hydrogen-bond acceptors (Lipinski definition) is 8. The lowest BCUT2D eigenvalue weighted by Crippen LogP contribution is -2.32. The first-order valence-corrected chi connectivity index (χ1v) is 11.2. The molecule has 35 heavy (non-hydrogen) atoms. The summed E-state index contributed by atoms with van der Waals surface area (Å²) in [6.07, 6.45) is 1.24. The second-order valence-electron chi connectivity index (χ2n) is 8.00. The Balaban J connectivity index is 2.02. The molecule has 10 nitrogen and oxygen atoms in total. The summed E-state index contributed by atoms with van der Waals surface area (Å²) in [5.74, 6) is 0.843. The van der Waals surface area contributed by atoms with Crippen molar-refractivity contribution in [2.24, 2.45) is 5.73 Å². The van der Waals surface area contributed by atoms with Crippen LogP contribution in [-0.4, -0.2) is 52.2 Å². The fraction of sp³-hybridized carbons (Fsp3) is 0.400. The molecule has 188 valence electrons. The van der Waals surface area contributed by atoms with E-state index in [2.05, 4.69) is 10.6 Å². The van der Waals surface area contributed by atoms with Gasteiger partial charge in [0.15, 0.2) is 11.5 Å². The van der Waals surface area contributed by atoms with E-state index in [4.69, 9.17) is 24.7 Å². The molecule has 3 rings (SSSR count). The van der Waals surface area contributed by atoms with E-state index < -0.39 is 5.97 Å². The molecule has 0 saturated heterocycles. The Morgan fingerprint density at radius 2 is 1.80 bits per heavy atom. The van der Waals surface area contributed by atoms with E-state index in [9.17, 15) is 14.4 Å². The van der Waals surface area contributed by atoms with Crippen molar-refractivity contribution in [3.63, 3.8) is 0 Å². The van der Waals surface area contributed by atoms with Gasteiger partial charge in [-0.15, -0.1) is 0 Å². The molecule has 10 heteroatoms. The Kier molecular flexibility index (Phi) is 8.53. The first kappa shape index (κ1) is 25.8. The van der Waals surface area contributed by atoms with E-state index >= 15 is 0 Å². The summed E-state index contributed by atoms with van der Waals surface area (Å²) < 4.78 is 22.4. The van der Waals surface area contributed by atoms with Crippen molar-refractivity contribution in [2.45, 2.75) is 32.2 Å². The van der Waals surface area contributed by atoms with Crippen molar-refractivity contribution in [2.75, 3.05) is 34.4 Å². The third kappa shape index (κ3) is 5.83. The highest BCUT2D eigenvalue weighted by Gasteiger charge is 2.29. The maximum atomic E-state index is 12.3. The lowest BCUT2D eigenvalue weighted by atomic mass is 9.93. The van der Waals surface area contributed by atoms with Gasteiger partial charge in [-0.1, -0.05) is 6.07 Å². The number of methoxy groups -OCH3 is 3. The number of hydrogen-bond donors (Lipinski definition) is 3. The van der Waals surface area contributed by atoms with Crippen molar-refractivity contribution >= 4 is 17.8 Å². The lowest BCUT2D eigenvalue weighted by Gasteiger charge is -2.21. The standard InChI is InChI=1S/C25H31N3O7/c1-14(29)28-19-8-5-15-11-20(32-2)24(33-3)25(34-4)23(15)17-7-6-16(12-18(17)19)35-22(31)9-10-27-21(30)13-26/h6-7,11-12,19H,5,8-10,13,26H2,1-4H3,(H,27,30)(H,28,29)/t19-/m0/s1. The smallest absolute Gasteiger partial charge is 0.312 e. The predicted octanol–water partition coefficient (Wildman–Crippen LogP) is 1.87. The molecule has 0 fully saturated rings. The molecule has 0 saturated carbocycles. The topological polar surface area (TPSA) is 138 Å². The van der Waals surface area contributed by atoms with Gasteiger partial charge in [-0.3, -0.25) is 14.4 Å². The molecule has 1 atom stereocenters. The predicted molar refractivity (Wildman–Crippen MR) is 129 cm³/mol. The minimum Gasteiger partial charge on any atom is -0.493 e. The summed E-state index contributed by atoms with van der Waals surface area (Å²) >= 11 is 0. The Morgan fingerprint density at radius 1 is 1.06 bits per heavy atom. The Bertz CT molecular complexity index is 1120. The van der Waals surface area contributed by atoms with E-state index in [-0.39, 0.29) is 37.4 Å². The van der Waals surface area contributed by atoms with Gasteiger partial charge in [-0.2, -0.15) is 0 Å². The van der Waals surface area contributed by atoms with Crippen LogP contribution in [0, 0.1) is 0 Å². The molecular formula is C25H31N3O7. The molecule has 2 aromatic rings. The zero-order valence-corrected chi connectivity index (χ0v) is 20.4. The highest BCUT2D eigenvalue weighted by Crippen LogP contribution is 2.50. The van der Waals surface area contributed by atoms with Crippen molar-refractivity contribution in [1.82, 2.24) is 10.6 Å². The number of carbonyl (C=O) groups excluding carboxylic acids is 3. The third-order valence-electron chi connectivity index (χ3n) is 5.73. The van der Waals surface area contributed by atoms with E-state index in [0.717, 1.165) is 22.3 Å². The van der Waals surface area contributed by atoms with Crippen LogP contribution in [-0.2, 0) is 20.8 Å². The van der Waals surface area contributed by atoms with Crippen LogP contribution in [0.5, 0.6) is 23.0 Å². The maximum Gasteiger partial charge on any atom is 0.312 e. The zero-order chi connectivity index (χ0) is 25.5. The molecule has 0 radical (unpaired) electrons. The summed E-state index contributed by atoms with van der Waals surface area (Å²) in [4.78, 5) is 35.6. The Morgan fingerprint density at radius 3 is 2.43 bits per heavy atom. The van der Waals surface area contributed by atoms with Crippen molar-refractivity contribution in [3.05, 3.63) is 35.4 Å². The van der Waals surface area contributed by atoms with Gasteiger partial charge in [-0.25, -0.2) is 0 Å². The molecule has 0 bridgehead atoms. The second-order valence-corrected chi connectivity index (χ2v) is 8.00. The fourth-order valence-electron chi connectivity index (χ4n) is 4.23. The largest absolute Gasteiger partial charge is 0.493 e. The highest BCUT2D eigenvalue weighted by molar-refractivity contribution is 5.84. The first-order valence-electron chi connectivity index (χ1n) is 11.2. The molecule has 0 heterocycles. The van der Waals surface area contributed by atoms with Gasteiger partial charge < -0.3 is 35.3 Å². The molecule has 4 N–H and O–H groups in total. The van der Waals surface area contributed by atoms with Gasteiger partial charge in [0.25, 0.3) is 0 Å². The van der Waals surface area contributed by atoms with Gasteiger partial charge in [0, 0.05) is 19.0 Å². The third-order valence-corrected chi connectivity index (χ3v) is 5.73. The van der Waals surface area contributed by atoms with E-state index in [0.29, 0.717) is 35.8 Å². The minimum atomic E-state index is -0.503. The minimum absolute atomic E-state index is 0.00833. The molecule has 0 spiro atoms. The van der Waals surface area contributed by atoms with Crippen molar-refractivity contribution < 1.29 is 33.3 Å². The Labute approximate surface area is 204 Å². The summed E-state index contributed by atoms with van der Waals surface area (Å²) in [6.45, 7) is 1.44. The van der Waals surface area contributed by atoms with E-state index in [1.54, 1.807) is 33.5 Å². The number of amides is 2. The summed E-state index contributed by atoms with van der Waals surface area (Å²) in [5.41, 5.74) is 8.66. The number of rotatable bonds is 9. The Hall–Kier alpha value is -3.79. The van der Waals surface area contributed by atoms with Crippen LogP contribution < -0.4 is 35.3 Å². The summed E-state index contributed by atoms with van der Waals surface area (Å²) in [6, 6.07) is 6.86. The van der Waals surface area contributed by atoms with Crippen LogP contribution in [0.2, 0.25) is 0 Å². The van der Waals surface area contributed by atoms with Crippen LogP contribution in [0.3, 0.4) is 0 Å². The average molecular weight is 486 g/mol. The second kappa shape index (κ2) is 11.6. The molecule has 1 aliphatic rings. The van der Waals surface area contributed by atoms with Gasteiger partial charge in [0.05, 0.1) is 40.3 Å². The van der Waals surface area contributed by atoms with E-state index in [1.165, 1.54) is 6.92 Å². The number of benzene rings is 2. The van der Waals surface area contributed by atoms with Crippen LogP contribution in [0.4, 0.5) is 0 Å². The first-order chi connectivity index (χ1) is 16.8. The number of ether oxygens (including phenoxy) is 4. The van der Waals surface area contributed by atoms with Crippen LogP contribution in [0.1, 0.15) is 36.9 Å². The molecule has 0 unspecified atom stereocenters. The maximum absolute atomic E-state index is 12.3. The van der Waals surface area contributed by atoms with Crippen LogP contribution >= 0.6 is 0 Å². The number of nitrogens with one attached hydrogen (secondary N) is 2. The number of fused-ring (bicyclic) bond motifs is 3. The van der Waals surface area contributed by atoms with Crippen molar-refractivity contribution in [1.29, 1.82) is 0 Å². The lowest BCUT2D eigenvalue weighted by molar-refractivity contribution is -0.134. The normalized spacial score (nSPS) is 14.0. The van der Waals surface area contributed by atoms with Gasteiger partial charge in [0.1, 0.15) is 5.75 Å². The van der Waals surface area contributed by atoms with E-state index in [1.807, 2.05) is 12.1 Å². The highest BCUT2D eigenvalue weighted by atomic mass is 16.5. The van der Waals surface area contributed by atoms with Crippen LogP contribution in [0.25, 0.3) is 11.1 Å². The van der Waals surface area contributed by atoms with Gasteiger partial charge in [0.2, 0.25) is 17.6 Å². The fourth-order valence-corrected chi connectivity index (χ4v) is 4.23. The van der Waals surface area contributed by atoms with Crippen molar-refractivity contribution in [3.8, 4) is 34.1 Å². The molecule has 1 aliphatic carbocycles. The van der Waals surface area contributed by atoms with Gasteiger partial charge in [-0.05, 0) is 47.7 Å². The van der Waals surface area contributed by atoms with Crippen LogP contribution in [0.15, 0.2) is 24.3 Å². The summed E-state index contributed by atoms with van der Waals surface area (Å²) in [5, 5.41) is 5.53. The molecule has 0 aliphatic heterocycles. The van der Waals surface area contributed by atoms with Gasteiger partial charge >= 0.3 is 5.97 Å². The molecule has 0 aromatic heterocycles. The molecule has 2 aromatic carbocycles. The zero-order valence-electron chi connectivity index (χ0n) is 20.4. The number of nitrogens with two attached hydrogens (primary N) is 1. The quantitative estimate of drug-likeness (QED) is 0.362. The summed E-state index contributed by atoms with van der Waals surface area (Å²) in [7, 11) is 4.67. The molecular weight excluding hydrogens is 454 g/mol. The molecule has 2 amide bonds.